The number of hydrogen-bond acceptors (Lipinski definition) is 4. The van der Waals surface area contributed by atoms with Crippen LogP contribution < -0.4 is 15.6 Å². The van der Waals surface area contributed by atoms with E-state index < -0.39 is 17.8 Å². The van der Waals surface area contributed by atoms with Crippen LogP contribution in [0.25, 0.3) is 0 Å². The lowest BCUT2D eigenvalue weighted by Crippen LogP contribution is -2.41. The van der Waals surface area contributed by atoms with Gasteiger partial charge < -0.3 is 9.84 Å². The fourth-order valence-corrected chi connectivity index (χ4v) is 1.30. The zero-order valence-corrected chi connectivity index (χ0v) is 11.0. The smallest absolute Gasteiger partial charge is 0.328 e. The molecule has 0 heterocycles. The monoisotopic (exact) mass is 290 g/mol. The number of ether oxygens (including phenoxy) is 1. The predicted molar refractivity (Wildman–Crippen MR) is 74.5 cm³/mol. The van der Waals surface area contributed by atoms with Crippen molar-refractivity contribution in [3.8, 4) is 5.75 Å². The summed E-state index contributed by atoms with van der Waals surface area (Å²) in [5.74, 6) is -2.29. The summed E-state index contributed by atoms with van der Waals surface area (Å²) in [5.41, 5.74) is 4.43. The van der Waals surface area contributed by atoms with E-state index in [2.05, 4.69) is 17.4 Å². The number of carbonyl (C=O) groups excluding carboxylic acids is 2. The molecule has 1 aromatic rings. The molecule has 0 atom stereocenters. The van der Waals surface area contributed by atoms with Crippen molar-refractivity contribution in [1.82, 2.24) is 10.9 Å². The first kappa shape index (κ1) is 16.0. The quantitative estimate of drug-likeness (QED) is 0.405. The number of nitrogens with one attached hydrogen (secondary N) is 2. The third kappa shape index (κ3) is 5.60. The van der Waals surface area contributed by atoms with Gasteiger partial charge in [0, 0.05) is 12.2 Å². The average Bonchev–Trinajstić information content (AvgIpc) is 2.48. The lowest BCUT2D eigenvalue weighted by Gasteiger charge is -2.10. The molecule has 7 nitrogen and oxygen atoms in total. The van der Waals surface area contributed by atoms with Gasteiger partial charge in [0.2, 0.25) is 0 Å². The van der Waals surface area contributed by atoms with Gasteiger partial charge in [0.15, 0.2) is 0 Å². The maximum absolute atomic E-state index is 11.9. The maximum atomic E-state index is 11.9. The summed E-state index contributed by atoms with van der Waals surface area (Å²) in [7, 11) is 0. The number of carbonyl (C=O) groups is 3. The first-order valence-electron chi connectivity index (χ1n) is 5.88. The summed E-state index contributed by atoms with van der Waals surface area (Å²) < 4.78 is 5.31. The molecule has 0 aliphatic rings. The Morgan fingerprint density at radius 2 is 1.90 bits per heavy atom. The molecule has 0 aliphatic carbocycles. The number of para-hydroxylation sites is 1. The summed E-state index contributed by atoms with van der Waals surface area (Å²) in [6.45, 7) is 3.74. The van der Waals surface area contributed by atoms with Crippen molar-refractivity contribution in [2.45, 2.75) is 0 Å². The van der Waals surface area contributed by atoms with Crippen molar-refractivity contribution >= 4 is 17.8 Å². The molecule has 0 fully saturated rings. The van der Waals surface area contributed by atoms with E-state index in [9.17, 15) is 14.4 Å². The summed E-state index contributed by atoms with van der Waals surface area (Å²) in [5, 5.41) is 8.36. The van der Waals surface area contributed by atoms with Gasteiger partial charge in [-0.05, 0) is 12.1 Å². The molecular formula is C14H14N2O5. The van der Waals surface area contributed by atoms with Gasteiger partial charge in [-0.15, -0.1) is 0 Å². The number of benzene rings is 1. The number of hydrazine groups is 1. The molecule has 1 rings (SSSR count). The van der Waals surface area contributed by atoms with Crippen LogP contribution in [0, 0.1) is 0 Å². The van der Waals surface area contributed by atoms with Crippen molar-refractivity contribution in [3.63, 3.8) is 0 Å². The minimum Gasteiger partial charge on any atom is -0.489 e. The number of aliphatic carboxylic acids is 1. The Labute approximate surface area is 120 Å². The second-order valence-corrected chi connectivity index (χ2v) is 3.71. The first-order chi connectivity index (χ1) is 10.0. The zero-order valence-electron chi connectivity index (χ0n) is 11.0. The Bertz CT molecular complexity index is 580. The van der Waals surface area contributed by atoms with E-state index >= 15 is 0 Å². The van der Waals surface area contributed by atoms with E-state index in [0.717, 1.165) is 6.08 Å². The highest BCUT2D eigenvalue weighted by Crippen LogP contribution is 2.17. The van der Waals surface area contributed by atoms with Crippen LogP contribution in [0.1, 0.15) is 10.4 Å². The van der Waals surface area contributed by atoms with Crippen LogP contribution in [0.2, 0.25) is 0 Å². The van der Waals surface area contributed by atoms with Gasteiger partial charge in [-0.3, -0.25) is 20.4 Å². The molecule has 0 spiro atoms. The van der Waals surface area contributed by atoms with E-state index in [1.807, 2.05) is 0 Å². The van der Waals surface area contributed by atoms with Gasteiger partial charge in [-0.2, -0.15) is 0 Å². The molecule has 110 valence electrons. The molecule has 0 aromatic heterocycles. The van der Waals surface area contributed by atoms with Crippen molar-refractivity contribution in [1.29, 1.82) is 0 Å². The molecule has 0 aliphatic heterocycles. The lowest BCUT2D eigenvalue weighted by atomic mass is 10.2. The fourth-order valence-electron chi connectivity index (χ4n) is 1.30. The van der Waals surface area contributed by atoms with Gasteiger partial charge in [-0.25, -0.2) is 4.79 Å². The van der Waals surface area contributed by atoms with Crippen molar-refractivity contribution in [3.05, 3.63) is 54.6 Å². The van der Waals surface area contributed by atoms with Crippen molar-refractivity contribution in [2.75, 3.05) is 6.61 Å². The molecular weight excluding hydrogens is 276 g/mol. The third-order valence-electron chi connectivity index (χ3n) is 2.16. The number of hydrogen-bond donors (Lipinski definition) is 3. The van der Waals surface area contributed by atoms with Crippen LogP contribution in [-0.2, 0) is 9.59 Å². The first-order valence-corrected chi connectivity index (χ1v) is 5.88. The van der Waals surface area contributed by atoms with Crippen molar-refractivity contribution in [2.24, 2.45) is 0 Å². The van der Waals surface area contributed by atoms with Gasteiger partial charge in [0.1, 0.15) is 12.4 Å². The minimum atomic E-state index is -1.26. The van der Waals surface area contributed by atoms with Crippen LogP contribution in [0.15, 0.2) is 49.1 Å². The van der Waals surface area contributed by atoms with Crippen LogP contribution >= 0.6 is 0 Å². The lowest BCUT2D eigenvalue weighted by molar-refractivity contribution is -0.131. The second-order valence-electron chi connectivity index (χ2n) is 3.71. The Kier molecular flexibility index (Phi) is 6.20. The third-order valence-corrected chi connectivity index (χ3v) is 2.16. The Balaban J connectivity index is 2.65. The highest BCUT2D eigenvalue weighted by molar-refractivity contribution is 5.99. The van der Waals surface area contributed by atoms with Gasteiger partial charge in [0.25, 0.3) is 11.8 Å². The average molecular weight is 290 g/mol. The van der Waals surface area contributed by atoms with Gasteiger partial charge in [0.05, 0.1) is 5.56 Å². The van der Waals surface area contributed by atoms with Crippen molar-refractivity contribution < 1.29 is 24.2 Å². The largest absolute Gasteiger partial charge is 0.489 e. The van der Waals surface area contributed by atoms with Gasteiger partial charge >= 0.3 is 5.97 Å². The Morgan fingerprint density at radius 1 is 1.19 bits per heavy atom. The highest BCUT2D eigenvalue weighted by atomic mass is 16.5. The molecule has 1 aromatic carbocycles. The molecule has 0 unspecified atom stereocenters. The topological polar surface area (TPSA) is 105 Å². The van der Waals surface area contributed by atoms with Crippen LogP contribution in [-0.4, -0.2) is 29.5 Å². The minimum absolute atomic E-state index is 0.224. The molecule has 7 heteroatoms. The molecule has 0 saturated carbocycles. The van der Waals surface area contributed by atoms with Crippen LogP contribution in [0.3, 0.4) is 0 Å². The van der Waals surface area contributed by atoms with E-state index in [1.54, 1.807) is 18.2 Å². The summed E-state index contributed by atoms with van der Waals surface area (Å²) in [6.07, 6.45) is 2.97. The highest BCUT2D eigenvalue weighted by Gasteiger charge is 2.12. The number of carboxylic acid groups (broad SMARTS) is 1. The SMILES string of the molecule is C=CCOc1ccccc1C(=O)NNC(=O)/C=C/C(=O)O. The van der Waals surface area contributed by atoms with E-state index in [0.29, 0.717) is 11.8 Å². The van der Waals surface area contributed by atoms with Crippen LogP contribution in [0.5, 0.6) is 5.75 Å². The number of amides is 2. The number of rotatable bonds is 6. The van der Waals surface area contributed by atoms with Crippen LogP contribution in [0.4, 0.5) is 0 Å². The summed E-state index contributed by atoms with van der Waals surface area (Å²) >= 11 is 0. The molecule has 2 amide bonds. The molecule has 3 N–H and O–H groups in total. The molecule has 0 bridgehead atoms. The molecule has 21 heavy (non-hydrogen) atoms. The van der Waals surface area contributed by atoms with E-state index in [4.69, 9.17) is 9.84 Å². The fraction of sp³-hybridized carbons (Fsp3) is 0.0714. The summed E-state index contributed by atoms with van der Waals surface area (Å²) in [4.78, 5) is 33.3. The normalized spacial score (nSPS) is 9.90. The standard InChI is InChI=1S/C14H14N2O5/c1-2-9-21-11-6-4-3-5-10(11)14(20)16-15-12(17)7-8-13(18)19/h2-8H,1,9H2,(H,15,17)(H,16,20)(H,18,19)/b8-7+. The summed E-state index contributed by atoms with van der Waals surface area (Å²) in [6, 6.07) is 6.46. The van der Waals surface area contributed by atoms with E-state index in [-0.39, 0.29) is 12.2 Å². The Morgan fingerprint density at radius 3 is 2.57 bits per heavy atom. The second kappa shape index (κ2) is 8.16. The molecule has 0 saturated heterocycles. The van der Waals surface area contributed by atoms with Gasteiger partial charge in [-0.1, -0.05) is 24.8 Å². The zero-order chi connectivity index (χ0) is 15.7. The maximum Gasteiger partial charge on any atom is 0.328 e. The Hall–Kier alpha value is -3.09. The predicted octanol–water partition coefficient (Wildman–Crippen LogP) is 0.653. The molecule has 0 radical (unpaired) electrons. The van der Waals surface area contributed by atoms with E-state index in [1.165, 1.54) is 12.1 Å². The number of carboxylic acids is 1.